The Labute approximate surface area is 115 Å². The minimum atomic E-state index is 0.636. The van der Waals surface area contributed by atoms with Crippen LogP contribution in [-0.4, -0.2) is 4.98 Å². The van der Waals surface area contributed by atoms with Crippen molar-refractivity contribution in [2.24, 2.45) is 0 Å². The zero-order chi connectivity index (χ0) is 13.1. The molecule has 19 heavy (non-hydrogen) atoms. The van der Waals surface area contributed by atoms with E-state index in [9.17, 15) is 5.26 Å². The van der Waals surface area contributed by atoms with Crippen molar-refractivity contribution < 1.29 is 0 Å². The topological polar surface area (TPSA) is 36.7 Å². The van der Waals surface area contributed by atoms with E-state index in [1.54, 1.807) is 23.7 Å². The molecule has 0 aliphatic heterocycles. The predicted molar refractivity (Wildman–Crippen MR) is 79.5 cm³/mol. The molecule has 0 unspecified atom stereocenters. The largest absolute Gasteiger partial charge is 0.264 e. The second-order valence-electron chi connectivity index (χ2n) is 4.10. The van der Waals surface area contributed by atoms with Crippen LogP contribution in [-0.2, 0) is 0 Å². The molecule has 0 amide bonds. The summed E-state index contributed by atoms with van der Waals surface area (Å²) in [5.41, 5.74) is 2.57. The van der Waals surface area contributed by atoms with Gasteiger partial charge in [0.2, 0.25) is 0 Å². The Morgan fingerprint density at radius 2 is 2.11 bits per heavy atom. The lowest BCUT2D eigenvalue weighted by atomic mass is 10.1. The lowest BCUT2D eigenvalue weighted by Gasteiger charge is -1.98. The first kappa shape index (κ1) is 11.6. The Balaban J connectivity index is 2.12. The second kappa shape index (κ2) is 5.05. The van der Waals surface area contributed by atoms with Gasteiger partial charge in [0.05, 0.1) is 11.6 Å². The van der Waals surface area contributed by atoms with Crippen molar-refractivity contribution in [2.45, 2.75) is 0 Å². The lowest BCUT2D eigenvalue weighted by Crippen LogP contribution is -1.82. The number of aromatic nitrogens is 1. The van der Waals surface area contributed by atoms with E-state index >= 15 is 0 Å². The van der Waals surface area contributed by atoms with E-state index in [0.717, 1.165) is 11.1 Å². The number of hydrogen-bond acceptors (Lipinski definition) is 3. The van der Waals surface area contributed by atoms with Gasteiger partial charge >= 0.3 is 0 Å². The fourth-order valence-corrected chi connectivity index (χ4v) is 2.89. The maximum Gasteiger partial charge on any atom is 0.0998 e. The molecule has 0 atom stereocenters. The third-order valence-corrected chi connectivity index (χ3v) is 3.89. The predicted octanol–water partition coefficient (Wildman–Crippen LogP) is 4.36. The fraction of sp³-hybridized carbons (Fsp3) is 0. The first-order chi connectivity index (χ1) is 9.38. The summed E-state index contributed by atoms with van der Waals surface area (Å²) in [7, 11) is 0. The Bertz CT molecular complexity index is 779. The Morgan fingerprint density at radius 3 is 2.89 bits per heavy atom. The number of nitriles is 1. The van der Waals surface area contributed by atoms with Crippen LogP contribution in [0, 0.1) is 11.3 Å². The molecule has 0 N–H and O–H groups in total. The van der Waals surface area contributed by atoms with E-state index in [1.165, 1.54) is 10.1 Å². The molecule has 0 aliphatic rings. The van der Waals surface area contributed by atoms with Crippen molar-refractivity contribution in [1.29, 1.82) is 5.26 Å². The van der Waals surface area contributed by atoms with Crippen molar-refractivity contribution in [2.75, 3.05) is 0 Å². The summed E-state index contributed by atoms with van der Waals surface area (Å²) >= 11 is 1.69. The smallest absolute Gasteiger partial charge is 0.0998 e. The SMILES string of the molecule is N#CC(=Cc1csc2ccccc12)c1cccnc1. The lowest BCUT2D eigenvalue weighted by molar-refractivity contribution is 1.31. The molecule has 3 heteroatoms. The minimum Gasteiger partial charge on any atom is -0.264 e. The third-order valence-electron chi connectivity index (χ3n) is 2.90. The Morgan fingerprint density at radius 1 is 1.21 bits per heavy atom. The molecular formula is C16H10N2S. The highest BCUT2D eigenvalue weighted by Crippen LogP contribution is 2.28. The second-order valence-corrected chi connectivity index (χ2v) is 5.01. The van der Waals surface area contributed by atoms with Crippen molar-refractivity contribution >= 4 is 33.1 Å². The Hall–Kier alpha value is -2.44. The fourth-order valence-electron chi connectivity index (χ4n) is 1.97. The average molecular weight is 262 g/mol. The molecule has 0 fully saturated rings. The highest BCUT2D eigenvalue weighted by atomic mass is 32.1. The quantitative estimate of drug-likeness (QED) is 0.643. The van der Waals surface area contributed by atoms with E-state index in [4.69, 9.17) is 0 Å². The molecule has 90 valence electrons. The molecule has 0 radical (unpaired) electrons. The first-order valence-corrected chi connectivity index (χ1v) is 6.75. The van der Waals surface area contributed by atoms with E-state index < -0.39 is 0 Å². The van der Waals surface area contributed by atoms with Gasteiger partial charge in [0, 0.05) is 22.7 Å². The molecule has 0 saturated heterocycles. The van der Waals surface area contributed by atoms with Gasteiger partial charge in [-0.05, 0) is 34.5 Å². The van der Waals surface area contributed by atoms with Crippen LogP contribution in [0.4, 0.5) is 0 Å². The number of pyridine rings is 1. The first-order valence-electron chi connectivity index (χ1n) is 5.87. The van der Waals surface area contributed by atoms with Crippen LogP contribution in [0.3, 0.4) is 0 Å². The number of nitrogens with zero attached hydrogens (tertiary/aromatic N) is 2. The van der Waals surface area contributed by atoms with Gasteiger partial charge in [0.15, 0.2) is 0 Å². The molecule has 2 heterocycles. The van der Waals surface area contributed by atoms with E-state index in [-0.39, 0.29) is 0 Å². The van der Waals surface area contributed by atoms with Crippen LogP contribution >= 0.6 is 11.3 Å². The number of rotatable bonds is 2. The van der Waals surface area contributed by atoms with Crippen LogP contribution in [0.2, 0.25) is 0 Å². The maximum absolute atomic E-state index is 9.31. The van der Waals surface area contributed by atoms with Crippen LogP contribution in [0.25, 0.3) is 21.7 Å². The molecule has 3 rings (SSSR count). The van der Waals surface area contributed by atoms with Gasteiger partial charge in [0.1, 0.15) is 0 Å². The Kier molecular flexibility index (Phi) is 3.09. The molecule has 0 spiro atoms. The highest BCUT2D eigenvalue weighted by molar-refractivity contribution is 7.17. The molecule has 0 bridgehead atoms. The van der Waals surface area contributed by atoms with E-state index in [0.29, 0.717) is 5.57 Å². The van der Waals surface area contributed by atoms with Crippen LogP contribution in [0.5, 0.6) is 0 Å². The monoisotopic (exact) mass is 262 g/mol. The number of allylic oxidation sites excluding steroid dienone is 1. The van der Waals surface area contributed by atoms with E-state index in [1.807, 2.05) is 30.3 Å². The summed E-state index contributed by atoms with van der Waals surface area (Å²) in [6, 6.07) is 14.2. The zero-order valence-corrected chi connectivity index (χ0v) is 10.9. The van der Waals surface area contributed by atoms with Crippen molar-refractivity contribution in [3.63, 3.8) is 0 Å². The average Bonchev–Trinajstić information content (AvgIpc) is 2.89. The highest BCUT2D eigenvalue weighted by Gasteiger charge is 2.04. The van der Waals surface area contributed by atoms with Crippen LogP contribution in [0.15, 0.2) is 54.2 Å². The van der Waals surface area contributed by atoms with Gasteiger partial charge in [-0.1, -0.05) is 24.3 Å². The summed E-state index contributed by atoms with van der Waals surface area (Å²) in [6.45, 7) is 0. The number of fused-ring (bicyclic) bond motifs is 1. The van der Waals surface area contributed by atoms with Crippen LogP contribution in [0.1, 0.15) is 11.1 Å². The number of thiophene rings is 1. The van der Waals surface area contributed by atoms with Gasteiger partial charge in [-0.25, -0.2) is 0 Å². The molecule has 3 aromatic rings. The molecule has 0 aliphatic carbocycles. The maximum atomic E-state index is 9.31. The normalized spacial score (nSPS) is 11.4. The van der Waals surface area contributed by atoms with Crippen molar-refractivity contribution in [3.05, 3.63) is 65.3 Å². The standard InChI is InChI=1S/C16H10N2S/c17-9-13(12-4-3-7-18-10-12)8-14-11-19-16-6-2-1-5-15(14)16/h1-8,10-11H. The van der Waals surface area contributed by atoms with Crippen LogP contribution < -0.4 is 0 Å². The van der Waals surface area contributed by atoms with Gasteiger partial charge in [-0.3, -0.25) is 4.98 Å². The molecule has 2 nitrogen and oxygen atoms in total. The van der Waals surface area contributed by atoms with Crippen molar-refractivity contribution in [3.8, 4) is 6.07 Å². The summed E-state index contributed by atoms with van der Waals surface area (Å²) in [6.07, 6.45) is 5.35. The summed E-state index contributed by atoms with van der Waals surface area (Å²) in [5, 5.41) is 12.6. The molecule has 0 saturated carbocycles. The molecular weight excluding hydrogens is 252 g/mol. The van der Waals surface area contributed by atoms with Gasteiger partial charge in [-0.2, -0.15) is 5.26 Å². The summed E-state index contributed by atoms with van der Waals surface area (Å²) in [4.78, 5) is 4.06. The number of hydrogen-bond donors (Lipinski definition) is 0. The van der Waals surface area contributed by atoms with Gasteiger partial charge in [0.25, 0.3) is 0 Å². The molecule has 1 aromatic carbocycles. The summed E-state index contributed by atoms with van der Waals surface area (Å²) < 4.78 is 1.23. The minimum absolute atomic E-state index is 0.636. The number of benzene rings is 1. The molecule has 2 aromatic heterocycles. The summed E-state index contributed by atoms with van der Waals surface area (Å²) in [5.74, 6) is 0. The zero-order valence-electron chi connectivity index (χ0n) is 10.1. The van der Waals surface area contributed by atoms with Crippen molar-refractivity contribution in [1.82, 2.24) is 4.98 Å². The van der Waals surface area contributed by atoms with Gasteiger partial charge in [-0.15, -0.1) is 11.3 Å². The third kappa shape index (κ3) is 2.26. The van der Waals surface area contributed by atoms with E-state index in [2.05, 4.69) is 28.6 Å². The van der Waals surface area contributed by atoms with Gasteiger partial charge < -0.3 is 0 Å².